The van der Waals surface area contributed by atoms with E-state index in [0.29, 0.717) is 0 Å². The summed E-state index contributed by atoms with van der Waals surface area (Å²) in [5, 5.41) is 0. The molecule has 0 unspecified atom stereocenters. The van der Waals surface area contributed by atoms with E-state index in [-0.39, 0.29) is 0 Å². The molecule has 0 saturated carbocycles. The Hall–Kier alpha value is -0.780. The Morgan fingerprint density at radius 1 is 1.18 bits per heavy atom. The van der Waals surface area contributed by atoms with Gasteiger partial charge < -0.3 is 0 Å². The van der Waals surface area contributed by atoms with E-state index in [1.54, 1.807) is 11.1 Å². The summed E-state index contributed by atoms with van der Waals surface area (Å²) in [6.07, 6.45) is 10.8. The van der Waals surface area contributed by atoms with Gasteiger partial charge >= 0.3 is 0 Å². The number of rotatable bonds is 0. The van der Waals surface area contributed by atoms with Crippen LogP contribution in [0.15, 0.2) is 35.5 Å². The van der Waals surface area contributed by atoms with Crippen LogP contribution in [0.25, 0.3) is 0 Å². The SMILES string of the molecule is C=C1CCC2=C(CCC=C2)C1. The second-order valence-electron chi connectivity index (χ2n) is 3.50. The highest BCUT2D eigenvalue weighted by Crippen LogP contribution is 2.33. The van der Waals surface area contributed by atoms with Crippen LogP contribution in [-0.4, -0.2) is 0 Å². The average molecular weight is 146 g/mol. The smallest absolute Gasteiger partial charge is 0.0105 e. The van der Waals surface area contributed by atoms with Crippen molar-refractivity contribution < 1.29 is 0 Å². The second-order valence-corrected chi connectivity index (χ2v) is 3.50. The summed E-state index contributed by atoms with van der Waals surface area (Å²) in [5.41, 5.74) is 4.69. The fraction of sp³-hybridized carbons (Fsp3) is 0.455. The third kappa shape index (κ3) is 1.30. The van der Waals surface area contributed by atoms with Gasteiger partial charge in [-0.3, -0.25) is 0 Å². The summed E-state index contributed by atoms with van der Waals surface area (Å²) in [4.78, 5) is 0. The Morgan fingerprint density at radius 3 is 3.00 bits per heavy atom. The molecule has 0 bridgehead atoms. The molecular formula is C11H14. The molecule has 0 aromatic rings. The lowest BCUT2D eigenvalue weighted by Crippen LogP contribution is -2.02. The molecule has 58 valence electrons. The van der Waals surface area contributed by atoms with E-state index < -0.39 is 0 Å². The van der Waals surface area contributed by atoms with Crippen LogP contribution in [0.4, 0.5) is 0 Å². The lowest BCUT2D eigenvalue weighted by molar-refractivity contribution is 0.770. The molecule has 0 nitrogen and oxygen atoms in total. The molecule has 11 heavy (non-hydrogen) atoms. The molecule has 2 aliphatic rings. The zero-order valence-corrected chi connectivity index (χ0v) is 6.90. The Kier molecular flexibility index (Phi) is 1.69. The van der Waals surface area contributed by atoms with Crippen LogP contribution in [-0.2, 0) is 0 Å². The predicted octanol–water partition coefficient (Wildman–Crippen LogP) is 3.37. The number of allylic oxidation sites excluding steroid dienone is 5. The summed E-state index contributed by atoms with van der Waals surface area (Å²) in [7, 11) is 0. The molecule has 0 radical (unpaired) electrons. The minimum absolute atomic E-state index is 1.18. The third-order valence-electron chi connectivity index (χ3n) is 2.60. The van der Waals surface area contributed by atoms with Crippen molar-refractivity contribution in [2.45, 2.75) is 32.1 Å². The predicted molar refractivity (Wildman–Crippen MR) is 48.4 cm³/mol. The van der Waals surface area contributed by atoms with Gasteiger partial charge in [0.1, 0.15) is 0 Å². The molecule has 0 N–H and O–H groups in total. The van der Waals surface area contributed by atoms with E-state index in [2.05, 4.69) is 18.7 Å². The van der Waals surface area contributed by atoms with Crippen molar-refractivity contribution in [2.24, 2.45) is 0 Å². The van der Waals surface area contributed by atoms with Crippen LogP contribution in [0.3, 0.4) is 0 Å². The van der Waals surface area contributed by atoms with Crippen LogP contribution in [0.5, 0.6) is 0 Å². The van der Waals surface area contributed by atoms with E-state index in [9.17, 15) is 0 Å². The maximum atomic E-state index is 4.05. The first-order chi connectivity index (χ1) is 5.36. The topological polar surface area (TPSA) is 0 Å². The summed E-state index contributed by atoms with van der Waals surface area (Å²) in [6, 6.07) is 0. The minimum atomic E-state index is 1.18. The molecule has 0 atom stereocenters. The van der Waals surface area contributed by atoms with Crippen LogP contribution in [0.2, 0.25) is 0 Å². The molecule has 2 aliphatic carbocycles. The average Bonchev–Trinajstić information content (AvgIpc) is 2.04. The summed E-state index contributed by atoms with van der Waals surface area (Å²) < 4.78 is 0. The first-order valence-corrected chi connectivity index (χ1v) is 4.40. The van der Waals surface area contributed by atoms with E-state index in [1.165, 1.54) is 37.7 Å². The van der Waals surface area contributed by atoms with E-state index in [4.69, 9.17) is 0 Å². The van der Waals surface area contributed by atoms with Gasteiger partial charge in [-0.25, -0.2) is 0 Å². The van der Waals surface area contributed by atoms with Crippen LogP contribution < -0.4 is 0 Å². The fourth-order valence-electron chi connectivity index (χ4n) is 1.93. The zero-order valence-electron chi connectivity index (χ0n) is 6.90. The normalized spacial score (nSPS) is 23.8. The Labute approximate surface area is 68.3 Å². The second kappa shape index (κ2) is 2.69. The monoisotopic (exact) mass is 146 g/mol. The summed E-state index contributed by atoms with van der Waals surface area (Å²) in [6.45, 7) is 4.05. The summed E-state index contributed by atoms with van der Waals surface area (Å²) in [5.74, 6) is 0. The van der Waals surface area contributed by atoms with E-state index in [0.717, 1.165) is 0 Å². The molecule has 0 saturated heterocycles. The van der Waals surface area contributed by atoms with E-state index >= 15 is 0 Å². The highest BCUT2D eigenvalue weighted by atomic mass is 14.2. The molecule has 0 heterocycles. The standard InChI is InChI=1S/C11H14/c1-9-6-7-10-4-2-3-5-11(10)8-9/h2,4H,1,3,5-8H2. The zero-order chi connectivity index (χ0) is 7.68. The lowest BCUT2D eigenvalue weighted by atomic mass is 9.84. The first kappa shape index (κ1) is 6.90. The quantitative estimate of drug-likeness (QED) is 0.460. The van der Waals surface area contributed by atoms with Crippen molar-refractivity contribution in [3.05, 3.63) is 35.5 Å². The van der Waals surface area contributed by atoms with E-state index in [1.807, 2.05) is 0 Å². The Morgan fingerprint density at radius 2 is 2.09 bits per heavy atom. The molecule has 0 aromatic carbocycles. The Bertz CT molecular complexity index is 241. The molecular weight excluding hydrogens is 132 g/mol. The molecule has 0 fully saturated rings. The van der Waals surface area contributed by atoms with Crippen LogP contribution in [0, 0.1) is 0 Å². The van der Waals surface area contributed by atoms with Gasteiger partial charge in [-0.05, 0) is 37.7 Å². The molecule has 0 spiro atoms. The minimum Gasteiger partial charge on any atom is -0.0995 e. The van der Waals surface area contributed by atoms with Gasteiger partial charge in [0.2, 0.25) is 0 Å². The van der Waals surface area contributed by atoms with Gasteiger partial charge in [0, 0.05) is 0 Å². The maximum Gasteiger partial charge on any atom is -0.0105 e. The van der Waals surface area contributed by atoms with Crippen molar-refractivity contribution in [3.8, 4) is 0 Å². The number of hydrogen-bond donors (Lipinski definition) is 0. The highest BCUT2D eigenvalue weighted by molar-refractivity contribution is 5.35. The fourth-order valence-corrected chi connectivity index (χ4v) is 1.93. The molecule has 2 rings (SSSR count). The Balaban J connectivity index is 2.26. The van der Waals surface area contributed by atoms with Gasteiger partial charge in [0.25, 0.3) is 0 Å². The first-order valence-electron chi connectivity index (χ1n) is 4.40. The third-order valence-corrected chi connectivity index (χ3v) is 2.60. The van der Waals surface area contributed by atoms with Crippen LogP contribution in [0.1, 0.15) is 32.1 Å². The number of hydrogen-bond acceptors (Lipinski definition) is 0. The van der Waals surface area contributed by atoms with Gasteiger partial charge in [0.05, 0.1) is 0 Å². The lowest BCUT2D eigenvalue weighted by Gasteiger charge is -2.22. The van der Waals surface area contributed by atoms with Gasteiger partial charge in [-0.1, -0.05) is 29.9 Å². The largest absolute Gasteiger partial charge is 0.0995 e. The molecule has 0 aromatic heterocycles. The van der Waals surface area contributed by atoms with Crippen molar-refractivity contribution in [2.75, 3.05) is 0 Å². The maximum absolute atomic E-state index is 4.05. The van der Waals surface area contributed by atoms with Crippen LogP contribution >= 0.6 is 0 Å². The van der Waals surface area contributed by atoms with Crippen molar-refractivity contribution >= 4 is 0 Å². The molecule has 0 amide bonds. The summed E-state index contributed by atoms with van der Waals surface area (Å²) >= 11 is 0. The highest BCUT2D eigenvalue weighted by Gasteiger charge is 2.14. The van der Waals surface area contributed by atoms with Gasteiger partial charge in [-0.15, -0.1) is 0 Å². The molecule has 0 aliphatic heterocycles. The van der Waals surface area contributed by atoms with Crippen molar-refractivity contribution in [1.82, 2.24) is 0 Å². The van der Waals surface area contributed by atoms with Crippen molar-refractivity contribution in [3.63, 3.8) is 0 Å². The van der Waals surface area contributed by atoms with Gasteiger partial charge in [0.15, 0.2) is 0 Å². The molecule has 0 heteroatoms. The van der Waals surface area contributed by atoms with Gasteiger partial charge in [-0.2, -0.15) is 0 Å². The van der Waals surface area contributed by atoms with Crippen molar-refractivity contribution in [1.29, 1.82) is 0 Å².